The highest BCUT2D eigenvalue weighted by Gasteiger charge is 2.46. The first-order chi connectivity index (χ1) is 55.6. The number of methoxy groups -OCH3 is 1. The molecular formula is C81H156N7O29P. The summed E-state index contributed by atoms with van der Waals surface area (Å²) in [7, 11) is -1.09. The monoisotopic (exact) mass is 1720 g/mol. The third-order valence-electron chi connectivity index (χ3n) is 20.2. The maximum atomic E-state index is 14.5. The van der Waals surface area contributed by atoms with Crippen molar-refractivity contribution in [3.63, 3.8) is 0 Å². The standard InChI is InChI=1S/C70H124N6O25.C7H18NO4P.C2H6.2CH4/c1-45-62(89)64(91)53(42-77)99-68(45)96-36-17-5-8-26-57(85)72-33-16-13-25-52(83)51(24-12-15-32-73-59(87)29-20-23-49(81)30-39-95-4)48(41-60(88)75-35-21-34-74-58(86)28-9-6-18-37-97-69-46(2)63(90)65(92)54(43-78)100-69)40-50(82)22-11-14-31-71-56(84)27-10-7-19-38-98-70-61(76-47(3)80)67(94)66(93)55(44-79)101-70;1-11-13(9,10)12-7-5-3-2-4-6-8;1-2;;/h45-46,48,51,53-55,61-70,77-79,89-94H,5-44H2,1-4H3,(H,71,84)(H,72,85)(H,73,87)(H,74,86)(H,75,88)(H,76,80);2-8H2,1H3,(H,9,10);1-2H3;2*1H4/t45?,46?,48?,51?,53?,54?,55?,61?,62-,63-,64+,65+,66+,67-,68-,69-,70-;;;;/m1..../s1. The van der Waals surface area contributed by atoms with E-state index in [9.17, 15) is 93.7 Å². The van der Waals surface area contributed by atoms with Gasteiger partial charge in [0.1, 0.15) is 66.1 Å². The van der Waals surface area contributed by atoms with Crippen molar-refractivity contribution < 1.29 is 141 Å². The number of amides is 6. The van der Waals surface area contributed by atoms with Crippen LogP contribution < -0.4 is 37.6 Å². The van der Waals surface area contributed by atoms with Gasteiger partial charge in [-0.15, -0.1) is 0 Å². The molecule has 694 valence electrons. The highest BCUT2D eigenvalue weighted by Crippen LogP contribution is 2.42. The van der Waals surface area contributed by atoms with Crippen LogP contribution in [-0.4, -0.2) is 290 Å². The molecule has 9 unspecified atom stereocenters. The maximum Gasteiger partial charge on any atom is 0.471 e. The lowest BCUT2D eigenvalue weighted by atomic mass is 9.77. The largest absolute Gasteiger partial charge is 0.471 e. The molecular weight excluding hydrogens is 1570 g/mol. The van der Waals surface area contributed by atoms with E-state index in [2.05, 4.69) is 40.9 Å². The molecule has 0 spiro atoms. The van der Waals surface area contributed by atoms with Crippen molar-refractivity contribution in [2.45, 2.75) is 335 Å². The molecule has 3 fully saturated rings. The molecule has 18 N–H and O–H groups in total. The highest BCUT2D eigenvalue weighted by atomic mass is 31.2. The van der Waals surface area contributed by atoms with E-state index in [1.54, 1.807) is 13.8 Å². The van der Waals surface area contributed by atoms with Crippen molar-refractivity contribution in [3.8, 4) is 0 Å². The summed E-state index contributed by atoms with van der Waals surface area (Å²) in [4.78, 5) is 126. The molecule has 3 heterocycles. The minimum Gasteiger partial charge on any atom is -0.394 e. The number of hydrogen-bond donors (Lipinski definition) is 17. The molecule has 3 rings (SSSR count). The maximum absolute atomic E-state index is 14.5. The van der Waals surface area contributed by atoms with Gasteiger partial charge in [0.05, 0.1) is 45.2 Å². The Balaban J connectivity index is 0. The first-order valence-corrected chi connectivity index (χ1v) is 43.7. The van der Waals surface area contributed by atoms with Crippen molar-refractivity contribution in [1.82, 2.24) is 31.9 Å². The quantitative estimate of drug-likeness (QED) is 0.0304. The predicted molar refractivity (Wildman–Crippen MR) is 440 cm³/mol. The second-order valence-corrected chi connectivity index (χ2v) is 31.3. The van der Waals surface area contributed by atoms with Gasteiger partial charge in [-0.2, -0.15) is 0 Å². The number of ether oxygens (including phenoxy) is 7. The molecule has 0 aromatic rings. The topological polar surface area (TPSA) is 554 Å². The molecule has 0 aromatic heterocycles. The number of phosphoric ester groups is 1. The average Bonchev–Trinajstić information content (AvgIpc) is 0.820. The molecule has 0 radical (unpaired) electrons. The molecule has 3 saturated heterocycles. The van der Waals surface area contributed by atoms with Gasteiger partial charge in [-0.3, -0.25) is 52.2 Å². The fourth-order valence-corrected chi connectivity index (χ4v) is 13.7. The smallest absolute Gasteiger partial charge is 0.394 e. The van der Waals surface area contributed by atoms with E-state index in [1.165, 1.54) is 14.0 Å². The summed E-state index contributed by atoms with van der Waals surface area (Å²) in [6, 6.07) is -1.06. The lowest BCUT2D eigenvalue weighted by molar-refractivity contribution is -0.282. The van der Waals surface area contributed by atoms with Crippen LogP contribution in [0.25, 0.3) is 0 Å². The van der Waals surface area contributed by atoms with Crippen molar-refractivity contribution in [1.29, 1.82) is 0 Å². The van der Waals surface area contributed by atoms with E-state index < -0.39 is 137 Å². The zero-order valence-electron chi connectivity index (χ0n) is 70.1. The van der Waals surface area contributed by atoms with Gasteiger partial charge in [-0.05, 0) is 115 Å². The molecule has 36 nitrogen and oxygen atoms in total. The first kappa shape index (κ1) is 115. The molecule has 3 aliphatic heterocycles. The summed E-state index contributed by atoms with van der Waals surface area (Å²) >= 11 is 0. The van der Waals surface area contributed by atoms with E-state index >= 15 is 0 Å². The van der Waals surface area contributed by atoms with Crippen molar-refractivity contribution >= 4 is 60.6 Å². The van der Waals surface area contributed by atoms with Crippen LogP contribution in [0.4, 0.5) is 0 Å². The van der Waals surface area contributed by atoms with Crippen LogP contribution in [0.5, 0.6) is 0 Å². The van der Waals surface area contributed by atoms with Gasteiger partial charge >= 0.3 is 7.82 Å². The number of nitrogens with two attached hydrogens (primary N) is 1. The Labute approximate surface area is 701 Å². The Morgan fingerprint density at radius 2 is 0.805 bits per heavy atom. The Bertz CT molecular complexity index is 2720. The van der Waals surface area contributed by atoms with Crippen LogP contribution in [0.1, 0.15) is 255 Å². The van der Waals surface area contributed by atoms with Gasteiger partial charge in [-0.25, -0.2) is 4.57 Å². The molecule has 18 atom stereocenters. The van der Waals surface area contributed by atoms with Crippen LogP contribution in [0.15, 0.2) is 0 Å². The first-order valence-electron chi connectivity index (χ1n) is 42.2. The molecule has 0 aromatic carbocycles. The zero-order chi connectivity index (χ0) is 86.6. The second kappa shape index (κ2) is 70.6. The molecule has 3 aliphatic rings. The van der Waals surface area contributed by atoms with Crippen LogP contribution in [0.2, 0.25) is 0 Å². The highest BCUT2D eigenvalue weighted by molar-refractivity contribution is 7.47. The number of rotatable bonds is 65. The van der Waals surface area contributed by atoms with E-state index in [4.69, 9.17) is 43.8 Å². The number of nitrogens with one attached hydrogen (secondary N) is 6. The molecule has 118 heavy (non-hydrogen) atoms. The number of aliphatic hydroxyl groups excluding tert-OH is 9. The third-order valence-corrected chi connectivity index (χ3v) is 21.2. The molecule has 6 amide bonds. The Morgan fingerprint density at radius 1 is 0.424 bits per heavy atom. The minimum absolute atomic E-state index is 0. The van der Waals surface area contributed by atoms with Gasteiger partial charge in [-0.1, -0.05) is 81.1 Å². The summed E-state index contributed by atoms with van der Waals surface area (Å²) in [6.07, 6.45) is 0.981. The van der Waals surface area contributed by atoms with Crippen LogP contribution >= 0.6 is 7.82 Å². The second-order valence-electron chi connectivity index (χ2n) is 29.7. The fourth-order valence-electron chi connectivity index (χ4n) is 13.2. The number of carbonyl (C=O) groups excluding carboxylic acids is 9. The molecule has 37 heteroatoms. The molecule has 0 bridgehead atoms. The Hall–Kier alpha value is -4.74. The number of aliphatic hydroxyl groups is 9. The van der Waals surface area contributed by atoms with Gasteiger partial charge in [0.15, 0.2) is 18.9 Å². The summed E-state index contributed by atoms with van der Waals surface area (Å²) in [5.74, 6) is -4.35. The van der Waals surface area contributed by atoms with Crippen LogP contribution in [-0.2, 0) is 89.9 Å². The summed E-state index contributed by atoms with van der Waals surface area (Å²) in [5, 5.41) is 107. The number of unbranched alkanes of at least 4 members (excludes halogenated alkanes) is 12. The van der Waals surface area contributed by atoms with Gasteiger partial charge in [0.25, 0.3) is 0 Å². The molecule has 0 saturated carbocycles. The lowest BCUT2D eigenvalue weighted by Crippen LogP contribution is -2.64. The average molecular weight is 1720 g/mol. The predicted octanol–water partition coefficient (Wildman–Crippen LogP) is 3.79. The van der Waals surface area contributed by atoms with Crippen molar-refractivity contribution in [3.05, 3.63) is 0 Å². The van der Waals surface area contributed by atoms with Crippen LogP contribution in [0.3, 0.4) is 0 Å². The summed E-state index contributed by atoms with van der Waals surface area (Å²) in [6.45, 7) is 10.5. The normalized spacial score (nSPS) is 23.8. The summed E-state index contributed by atoms with van der Waals surface area (Å²) in [5.41, 5.74) is 5.30. The van der Waals surface area contributed by atoms with Crippen LogP contribution in [0, 0.1) is 23.7 Å². The minimum atomic E-state index is -3.75. The number of carbonyl (C=O) groups is 9. The van der Waals surface area contributed by atoms with Gasteiger partial charge in [0, 0.05) is 156 Å². The third kappa shape index (κ3) is 51.4. The Morgan fingerprint density at radius 3 is 1.25 bits per heavy atom. The van der Waals surface area contributed by atoms with Crippen molar-refractivity contribution in [2.24, 2.45) is 29.4 Å². The Kier molecular flexibility index (Phi) is 69.0. The number of phosphoric acid groups is 1. The van der Waals surface area contributed by atoms with E-state index in [0.29, 0.717) is 148 Å². The van der Waals surface area contributed by atoms with Gasteiger partial charge < -0.3 is 122 Å². The number of hydrogen-bond acceptors (Lipinski definition) is 29. The van der Waals surface area contributed by atoms with E-state index in [-0.39, 0.29) is 165 Å². The van der Waals surface area contributed by atoms with Gasteiger partial charge in [0.2, 0.25) is 35.4 Å². The van der Waals surface area contributed by atoms with E-state index in [1.807, 2.05) is 13.8 Å². The van der Waals surface area contributed by atoms with E-state index in [0.717, 1.165) is 32.8 Å². The summed E-state index contributed by atoms with van der Waals surface area (Å²) < 4.78 is 58.7. The molecule has 0 aliphatic carbocycles. The number of Topliss-reactive ketones (excluding diaryl/α,β-unsaturated/α-hetero) is 3. The van der Waals surface area contributed by atoms with Crippen molar-refractivity contribution in [2.75, 3.05) is 106 Å². The zero-order valence-corrected chi connectivity index (χ0v) is 71.0. The lowest BCUT2D eigenvalue weighted by Gasteiger charge is -2.42. The SMILES string of the molecule is C.C.CC.COCCC(=O)CCCC(=O)NCCCCC(C(=O)CCCCNC(=O)CCCCCO[C@@H]1OC(CO)[C@H](O)[C@H](O)C1C)C(CC(=O)CCCCNC(=O)CCCCCO[C@@H]1OC(CO)[C@H](O)[C@H](O)C1NC(C)=O)CC(=O)NCCCNC(=O)CCCCCO[C@@H]1OC(CO)[C@H](O)[C@H](O)C1C.COP(=O)(O)OCCCCCCN. The fraction of sp³-hybridized carbons (Fsp3) is 0.889. The number of ketones is 3.